The van der Waals surface area contributed by atoms with E-state index in [0.29, 0.717) is 12.5 Å². The van der Waals surface area contributed by atoms with Gasteiger partial charge in [0.05, 0.1) is 11.7 Å². The summed E-state index contributed by atoms with van der Waals surface area (Å²) in [7, 11) is 0. The Kier molecular flexibility index (Phi) is 5.63. The van der Waals surface area contributed by atoms with Crippen molar-refractivity contribution < 1.29 is 9.53 Å². The summed E-state index contributed by atoms with van der Waals surface area (Å²) in [4.78, 5) is 16.5. The molecule has 2 N–H and O–H groups in total. The monoisotopic (exact) mass is 319 g/mol. The van der Waals surface area contributed by atoms with Crippen molar-refractivity contribution in [3.63, 3.8) is 0 Å². The molecule has 0 aliphatic heterocycles. The van der Waals surface area contributed by atoms with Crippen molar-refractivity contribution in [1.29, 1.82) is 0 Å². The summed E-state index contributed by atoms with van der Waals surface area (Å²) in [6.45, 7) is 10.5. The van der Waals surface area contributed by atoms with Crippen LogP contribution in [0.4, 0.5) is 4.79 Å². The van der Waals surface area contributed by atoms with E-state index in [0.717, 1.165) is 18.5 Å². The normalized spacial score (nSPS) is 18.6. The lowest BCUT2D eigenvalue weighted by Crippen LogP contribution is -2.47. The first-order chi connectivity index (χ1) is 10.8. The van der Waals surface area contributed by atoms with Crippen LogP contribution in [0.5, 0.6) is 0 Å². The van der Waals surface area contributed by atoms with Crippen molar-refractivity contribution >= 4 is 6.09 Å². The zero-order valence-corrected chi connectivity index (χ0v) is 14.8. The number of carbonyl (C=O) groups excluding carboxylic acids is 1. The molecule has 1 aromatic rings. The molecule has 5 nitrogen and oxygen atoms in total. The number of hydrogen-bond acceptors (Lipinski definition) is 4. The molecule has 128 valence electrons. The lowest BCUT2D eigenvalue weighted by Gasteiger charge is -2.27. The van der Waals surface area contributed by atoms with E-state index in [1.54, 1.807) is 0 Å². The maximum Gasteiger partial charge on any atom is 0.407 e. The number of pyridine rings is 1. The van der Waals surface area contributed by atoms with Gasteiger partial charge in [-0.3, -0.25) is 4.98 Å². The topological polar surface area (TPSA) is 63.2 Å². The summed E-state index contributed by atoms with van der Waals surface area (Å²) in [6.07, 6.45) is 3.61. The summed E-state index contributed by atoms with van der Waals surface area (Å²) in [6, 6.07) is 4.43. The van der Waals surface area contributed by atoms with Gasteiger partial charge in [-0.2, -0.15) is 0 Å². The molecule has 1 aromatic heterocycles. The van der Waals surface area contributed by atoms with E-state index >= 15 is 0 Å². The number of amides is 1. The smallest absolute Gasteiger partial charge is 0.407 e. The number of alkyl carbamates (subject to hydrolysis) is 1. The number of rotatable bonds is 5. The standard InChI is InChI=1S/C18H29N3O2/c1-12(2)15(21-17(22)23-18(3,4)5)11-20-14-9-8-13-7-6-10-19-16(13)14/h6-7,10,12,14-15,20H,8-9,11H2,1-5H3,(H,21,22). The molecule has 5 heteroatoms. The molecule has 2 atom stereocenters. The van der Waals surface area contributed by atoms with Gasteiger partial charge in [-0.25, -0.2) is 4.79 Å². The molecule has 23 heavy (non-hydrogen) atoms. The Labute approximate surface area is 139 Å². The van der Waals surface area contributed by atoms with Gasteiger partial charge in [0.25, 0.3) is 0 Å². The predicted octanol–water partition coefficient (Wildman–Crippen LogP) is 3.21. The minimum Gasteiger partial charge on any atom is -0.444 e. The fourth-order valence-electron chi connectivity index (χ4n) is 2.79. The van der Waals surface area contributed by atoms with Crippen LogP contribution in [0.3, 0.4) is 0 Å². The highest BCUT2D eigenvalue weighted by molar-refractivity contribution is 5.68. The van der Waals surface area contributed by atoms with Crippen LogP contribution in [-0.2, 0) is 11.2 Å². The zero-order chi connectivity index (χ0) is 17.0. The van der Waals surface area contributed by atoms with Gasteiger partial charge in [0.1, 0.15) is 5.60 Å². The second-order valence-electron chi connectivity index (χ2n) is 7.54. The van der Waals surface area contributed by atoms with Crippen LogP contribution in [0.2, 0.25) is 0 Å². The van der Waals surface area contributed by atoms with E-state index in [4.69, 9.17) is 4.74 Å². The van der Waals surface area contributed by atoms with Crippen molar-refractivity contribution in [3.8, 4) is 0 Å². The number of nitrogens with one attached hydrogen (secondary N) is 2. The highest BCUT2D eigenvalue weighted by Crippen LogP contribution is 2.28. The molecule has 2 unspecified atom stereocenters. The molecule has 0 bridgehead atoms. The van der Waals surface area contributed by atoms with Crippen molar-refractivity contribution in [2.24, 2.45) is 5.92 Å². The fourth-order valence-corrected chi connectivity index (χ4v) is 2.79. The largest absolute Gasteiger partial charge is 0.444 e. The summed E-state index contributed by atoms with van der Waals surface area (Å²) >= 11 is 0. The molecule has 0 radical (unpaired) electrons. The van der Waals surface area contributed by atoms with Gasteiger partial charge in [-0.05, 0) is 51.2 Å². The SMILES string of the molecule is CC(C)C(CNC1CCc2cccnc21)NC(=O)OC(C)(C)C. The minimum atomic E-state index is -0.479. The number of ether oxygens (including phenoxy) is 1. The molecule has 2 rings (SSSR count). The predicted molar refractivity (Wildman–Crippen MR) is 91.3 cm³/mol. The Hall–Kier alpha value is -1.62. The summed E-state index contributed by atoms with van der Waals surface area (Å²) in [5, 5.41) is 6.53. The zero-order valence-electron chi connectivity index (χ0n) is 14.8. The fraction of sp³-hybridized carbons (Fsp3) is 0.667. The maximum absolute atomic E-state index is 12.0. The van der Waals surface area contributed by atoms with Gasteiger partial charge in [-0.15, -0.1) is 0 Å². The van der Waals surface area contributed by atoms with Gasteiger partial charge >= 0.3 is 6.09 Å². The van der Waals surface area contributed by atoms with E-state index in [1.807, 2.05) is 33.0 Å². The lowest BCUT2D eigenvalue weighted by atomic mass is 10.0. The van der Waals surface area contributed by atoms with Crippen molar-refractivity contribution in [3.05, 3.63) is 29.6 Å². The number of aryl methyl sites for hydroxylation is 1. The number of fused-ring (bicyclic) bond motifs is 1. The van der Waals surface area contributed by atoms with Crippen molar-refractivity contribution in [1.82, 2.24) is 15.6 Å². The maximum atomic E-state index is 12.0. The second-order valence-corrected chi connectivity index (χ2v) is 7.54. The Morgan fingerprint density at radius 3 is 2.83 bits per heavy atom. The Morgan fingerprint density at radius 2 is 2.17 bits per heavy atom. The van der Waals surface area contributed by atoms with Crippen molar-refractivity contribution in [2.45, 2.75) is 65.1 Å². The van der Waals surface area contributed by atoms with Crippen LogP contribution in [-0.4, -0.2) is 29.3 Å². The van der Waals surface area contributed by atoms with E-state index in [1.165, 1.54) is 5.56 Å². The molecule has 0 aromatic carbocycles. The van der Waals surface area contributed by atoms with E-state index < -0.39 is 5.60 Å². The molecule has 0 saturated carbocycles. The number of carbonyl (C=O) groups is 1. The quantitative estimate of drug-likeness (QED) is 0.875. The van der Waals surface area contributed by atoms with Gasteiger partial charge in [0, 0.05) is 18.8 Å². The summed E-state index contributed by atoms with van der Waals surface area (Å²) in [5.74, 6) is 0.319. The molecule has 1 aliphatic carbocycles. The Morgan fingerprint density at radius 1 is 1.43 bits per heavy atom. The Balaban J connectivity index is 1.90. The van der Waals surface area contributed by atoms with Crippen molar-refractivity contribution in [2.75, 3.05) is 6.54 Å². The van der Waals surface area contributed by atoms with Crippen LogP contribution in [0.15, 0.2) is 18.3 Å². The number of nitrogens with zero attached hydrogens (tertiary/aromatic N) is 1. The van der Waals surface area contributed by atoms with Gasteiger partial charge in [-0.1, -0.05) is 19.9 Å². The van der Waals surface area contributed by atoms with E-state index in [9.17, 15) is 4.79 Å². The van der Waals surface area contributed by atoms with Crippen LogP contribution in [0, 0.1) is 5.92 Å². The Bertz CT molecular complexity index is 537. The van der Waals surface area contributed by atoms with E-state index in [2.05, 4.69) is 35.5 Å². The molecule has 0 saturated heterocycles. The number of aromatic nitrogens is 1. The third-order valence-corrected chi connectivity index (χ3v) is 4.05. The second kappa shape index (κ2) is 7.30. The molecular weight excluding hydrogens is 290 g/mol. The van der Waals surface area contributed by atoms with Crippen LogP contribution in [0.25, 0.3) is 0 Å². The first-order valence-electron chi connectivity index (χ1n) is 8.43. The third-order valence-electron chi connectivity index (χ3n) is 4.05. The van der Waals surface area contributed by atoms with Crippen LogP contribution < -0.4 is 10.6 Å². The number of hydrogen-bond donors (Lipinski definition) is 2. The molecular formula is C18H29N3O2. The summed E-state index contributed by atoms with van der Waals surface area (Å²) < 4.78 is 5.36. The van der Waals surface area contributed by atoms with Crippen LogP contribution >= 0.6 is 0 Å². The first-order valence-corrected chi connectivity index (χ1v) is 8.43. The highest BCUT2D eigenvalue weighted by Gasteiger charge is 2.26. The van der Waals surface area contributed by atoms with Gasteiger partial charge in [0.15, 0.2) is 0 Å². The third kappa shape index (κ3) is 5.20. The molecule has 0 spiro atoms. The minimum absolute atomic E-state index is 0.0256. The van der Waals surface area contributed by atoms with Gasteiger partial charge in [0.2, 0.25) is 0 Å². The molecule has 0 fully saturated rings. The highest BCUT2D eigenvalue weighted by atomic mass is 16.6. The molecule has 1 amide bonds. The van der Waals surface area contributed by atoms with Crippen LogP contribution in [0.1, 0.15) is 58.3 Å². The average molecular weight is 319 g/mol. The average Bonchev–Trinajstić information content (AvgIpc) is 2.84. The summed E-state index contributed by atoms with van der Waals surface area (Å²) in [5.41, 5.74) is 1.99. The van der Waals surface area contributed by atoms with Gasteiger partial charge < -0.3 is 15.4 Å². The first kappa shape index (κ1) is 17.7. The molecule has 1 aliphatic rings. The lowest BCUT2D eigenvalue weighted by molar-refractivity contribution is 0.0489. The van der Waals surface area contributed by atoms with E-state index in [-0.39, 0.29) is 18.2 Å². The molecule has 1 heterocycles.